The molecule has 1 fully saturated rings. The van der Waals surface area contributed by atoms with Crippen molar-refractivity contribution >= 4 is 17.5 Å². The van der Waals surface area contributed by atoms with E-state index in [1.54, 1.807) is 17.0 Å². The molecule has 19 heavy (non-hydrogen) atoms. The second-order valence-corrected chi connectivity index (χ2v) is 4.84. The van der Waals surface area contributed by atoms with Crippen LogP contribution in [0.4, 0.5) is 5.69 Å². The molecule has 5 nitrogen and oxygen atoms in total. The number of nitrogens with zero attached hydrogens (tertiary/aromatic N) is 1. The van der Waals surface area contributed by atoms with E-state index in [1.165, 1.54) is 6.92 Å². The van der Waals surface area contributed by atoms with Crippen LogP contribution >= 0.6 is 0 Å². The fraction of sp³-hybridized carbons (Fsp3) is 0.429. The van der Waals surface area contributed by atoms with Crippen LogP contribution in [0.2, 0.25) is 0 Å². The zero-order chi connectivity index (χ0) is 13.8. The number of carbonyl (C=O) groups excluding carboxylic acids is 2. The molecule has 2 N–H and O–H groups in total. The van der Waals surface area contributed by atoms with Crippen LogP contribution < -0.4 is 5.32 Å². The van der Waals surface area contributed by atoms with Crippen molar-refractivity contribution in [2.45, 2.75) is 25.9 Å². The van der Waals surface area contributed by atoms with E-state index in [0.29, 0.717) is 25.9 Å². The molecule has 5 heteroatoms. The molecule has 1 saturated heterocycles. The number of hydrogen-bond acceptors (Lipinski definition) is 3. The number of carbonyl (C=O) groups is 2. The zero-order valence-electron chi connectivity index (χ0n) is 10.9. The van der Waals surface area contributed by atoms with Crippen LogP contribution in [-0.2, 0) is 16.0 Å². The molecule has 1 aliphatic heterocycles. The van der Waals surface area contributed by atoms with E-state index in [9.17, 15) is 14.7 Å². The average molecular weight is 262 g/mol. The minimum atomic E-state index is -0.383. The van der Waals surface area contributed by atoms with Gasteiger partial charge in [-0.25, -0.2) is 0 Å². The average Bonchev–Trinajstić information content (AvgIpc) is 2.78. The Labute approximate surface area is 112 Å². The summed E-state index contributed by atoms with van der Waals surface area (Å²) in [5.41, 5.74) is 1.63. The lowest BCUT2D eigenvalue weighted by atomic mass is 10.1. The minimum absolute atomic E-state index is 0.0313. The Balaban J connectivity index is 1.92. The number of nitrogens with one attached hydrogen (secondary N) is 1. The van der Waals surface area contributed by atoms with Gasteiger partial charge in [-0.15, -0.1) is 0 Å². The minimum Gasteiger partial charge on any atom is -0.391 e. The lowest BCUT2D eigenvalue weighted by Crippen LogP contribution is -2.30. The molecule has 0 saturated carbocycles. The van der Waals surface area contributed by atoms with Crippen molar-refractivity contribution in [2.24, 2.45) is 0 Å². The number of β-amino-alcohol motifs (C(OH)–C–C–N with tert-alkyl or cyclic N) is 1. The van der Waals surface area contributed by atoms with Gasteiger partial charge < -0.3 is 15.3 Å². The van der Waals surface area contributed by atoms with Gasteiger partial charge >= 0.3 is 0 Å². The number of hydrogen-bond donors (Lipinski definition) is 2. The Morgan fingerprint density at radius 2 is 2.05 bits per heavy atom. The molecule has 0 aliphatic carbocycles. The Hall–Kier alpha value is -1.88. The lowest BCUT2D eigenvalue weighted by molar-refractivity contribution is -0.129. The normalized spacial score (nSPS) is 18.4. The van der Waals surface area contributed by atoms with Gasteiger partial charge in [-0.2, -0.15) is 0 Å². The second-order valence-electron chi connectivity index (χ2n) is 4.84. The highest BCUT2D eigenvalue weighted by molar-refractivity contribution is 5.88. The van der Waals surface area contributed by atoms with E-state index >= 15 is 0 Å². The van der Waals surface area contributed by atoms with Crippen LogP contribution in [0, 0.1) is 0 Å². The van der Waals surface area contributed by atoms with Gasteiger partial charge in [0.2, 0.25) is 11.8 Å². The van der Waals surface area contributed by atoms with E-state index in [-0.39, 0.29) is 17.9 Å². The highest BCUT2D eigenvalue weighted by atomic mass is 16.3. The monoisotopic (exact) mass is 262 g/mol. The summed E-state index contributed by atoms with van der Waals surface area (Å²) in [4.78, 5) is 24.5. The predicted octanol–water partition coefficient (Wildman–Crippen LogP) is 0.781. The maximum atomic E-state index is 12.0. The van der Waals surface area contributed by atoms with Crippen molar-refractivity contribution in [2.75, 3.05) is 18.4 Å². The molecule has 0 bridgehead atoms. The largest absolute Gasteiger partial charge is 0.391 e. The molecular formula is C14H18N2O3. The lowest BCUT2D eigenvalue weighted by Gasteiger charge is -2.15. The van der Waals surface area contributed by atoms with E-state index in [4.69, 9.17) is 0 Å². The Kier molecular flexibility index (Phi) is 4.16. The summed E-state index contributed by atoms with van der Waals surface area (Å²) < 4.78 is 0. The van der Waals surface area contributed by atoms with Crippen LogP contribution in [-0.4, -0.2) is 41.0 Å². The number of likely N-dealkylation sites (tertiary alicyclic amines) is 1. The van der Waals surface area contributed by atoms with Crippen molar-refractivity contribution in [3.63, 3.8) is 0 Å². The molecule has 2 rings (SSSR count). The molecular weight excluding hydrogens is 244 g/mol. The third-order valence-corrected chi connectivity index (χ3v) is 3.15. The molecule has 0 radical (unpaired) electrons. The molecule has 2 amide bonds. The zero-order valence-corrected chi connectivity index (χ0v) is 10.9. The van der Waals surface area contributed by atoms with E-state index in [1.807, 2.05) is 12.1 Å². The third kappa shape index (κ3) is 3.79. The molecule has 1 heterocycles. The van der Waals surface area contributed by atoms with Gasteiger partial charge in [-0.1, -0.05) is 12.1 Å². The summed E-state index contributed by atoms with van der Waals surface area (Å²) in [7, 11) is 0. The quantitative estimate of drug-likeness (QED) is 0.845. The first-order valence-electron chi connectivity index (χ1n) is 6.37. The maximum absolute atomic E-state index is 12.0. The van der Waals surface area contributed by atoms with Gasteiger partial charge in [0.25, 0.3) is 0 Å². The smallest absolute Gasteiger partial charge is 0.227 e. The molecule has 0 unspecified atom stereocenters. The van der Waals surface area contributed by atoms with Gasteiger partial charge in [0.1, 0.15) is 0 Å². The summed E-state index contributed by atoms with van der Waals surface area (Å²) in [6, 6.07) is 7.22. The van der Waals surface area contributed by atoms with Crippen molar-refractivity contribution in [1.29, 1.82) is 0 Å². The molecule has 1 aromatic carbocycles. The third-order valence-electron chi connectivity index (χ3n) is 3.15. The fourth-order valence-electron chi connectivity index (χ4n) is 2.16. The van der Waals surface area contributed by atoms with Gasteiger partial charge in [-0.3, -0.25) is 9.59 Å². The van der Waals surface area contributed by atoms with E-state index < -0.39 is 0 Å². The first-order valence-corrected chi connectivity index (χ1v) is 6.37. The summed E-state index contributed by atoms with van der Waals surface area (Å²) in [6.07, 6.45) is 0.603. The van der Waals surface area contributed by atoms with Crippen molar-refractivity contribution in [1.82, 2.24) is 4.90 Å². The van der Waals surface area contributed by atoms with Crippen LogP contribution in [0.1, 0.15) is 18.9 Å². The number of rotatable bonds is 3. The van der Waals surface area contributed by atoms with E-state index in [0.717, 1.165) is 11.3 Å². The summed E-state index contributed by atoms with van der Waals surface area (Å²) >= 11 is 0. The van der Waals surface area contributed by atoms with Gasteiger partial charge in [-0.05, 0) is 24.1 Å². The first-order chi connectivity index (χ1) is 9.04. The van der Waals surface area contributed by atoms with Crippen LogP contribution in [0.3, 0.4) is 0 Å². The Morgan fingerprint density at radius 3 is 2.58 bits per heavy atom. The molecule has 1 atom stereocenters. The van der Waals surface area contributed by atoms with Crippen molar-refractivity contribution in [3.8, 4) is 0 Å². The SMILES string of the molecule is CC(=O)Nc1ccc(CC(=O)N2CC[C@@H](O)C2)cc1. The maximum Gasteiger partial charge on any atom is 0.227 e. The van der Waals surface area contributed by atoms with Gasteiger partial charge in [0, 0.05) is 25.7 Å². The summed E-state index contributed by atoms with van der Waals surface area (Å²) in [5, 5.41) is 12.1. The number of aliphatic hydroxyl groups excluding tert-OH is 1. The second kappa shape index (κ2) is 5.84. The predicted molar refractivity (Wildman–Crippen MR) is 71.7 cm³/mol. The van der Waals surface area contributed by atoms with Crippen molar-refractivity contribution in [3.05, 3.63) is 29.8 Å². The molecule has 1 aromatic rings. The standard InChI is InChI=1S/C14H18N2O3/c1-10(17)15-12-4-2-11(3-5-12)8-14(19)16-7-6-13(18)9-16/h2-5,13,18H,6-9H2,1H3,(H,15,17)/t13-/m1/s1. The van der Waals surface area contributed by atoms with Crippen LogP contribution in [0.25, 0.3) is 0 Å². The molecule has 1 aliphatic rings. The highest BCUT2D eigenvalue weighted by Gasteiger charge is 2.24. The number of aliphatic hydroxyl groups is 1. The topological polar surface area (TPSA) is 69.6 Å². The molecule has 0 aromatic heterocycles. The first kappa shape index (κ1) is 13.5. The van der Waals surface area contributed by atoms with Crippen LogP contribution in [0.15, 0.2) is 24.3 Å². The van der Waals surface area contributed by atoms with E-state index in [2.05, 4.69) is 5.32 Å². The number of anilines is 1. The Bertz CT molecular complexity index is 470. The van der Waals surface area contributed by atoms with Gasteiger partial charge in [0.15, 0.2) is 0 Å². The highest BCUT2D eigenvalue weighted by Crippen LogP contribution is 2.14. The summed E-state index contributed by atoms with van der Waals surface area (Å²) in [5.74, 6) is -0.0845. The van der Waals surface area contributed by atoms with Gasteiger partial charge in [0.05, 0.1) is 12.5 Å². The fourth-order valence-corrected chi connectivity index (χ4v) is 2.16. The summed E-state index contributed by atoms with van der Waals surface area (Å²) in [6.45, 7) is 2.52. The molecule has 102 valence electrons. The van der Waals surface area contributed by atoms with Crippen LogP contribution in [0.5, 0.6) is 0 Å². The van der Waals surface area contributed by atoms with Crippen molar-refractivity contribution < 1.29 is 14.7 Å². The number of amides is 2. The number of benzene rings is 1. The Morgan fingerprint density at radius 1 is 1.37 bits per heavy atom. The molecule has 0 spiro atoms.